The summed E-state index contributed by atoms with van der Waals surface area (Å²) < 4.78 is 0. The second kappa shape index (κ2) is 18.2. The summed E-state index contributed by atoms with van der Waals surface area (Å²) in [4.78, 5) is 25.8. The van der Waals surface area contributed by atoms with E-state index < -0.39 is 0 Å². The largest absolute Gasteiger partial charge is 0.248 e. The molecule has 0 aliphatic rings. The second-order valence-electron chi connectivity index (χ2n) is 14.5. The highest BCUT2D eigenvalue weighted by molar-refractivity contribution is 5.84. The van der Waals surface area contributed by atoms with Gasteiger partial charge in [-0.3, -0.25) is 0 Å². The average Bonchev–Trinajstić information content (AvgIpc) is 3.35. The van der Waals surface area contributed by atoms with Crippen LogP contribution in [0.1, 0.15) is 5.82 Å². The molecule has 0 amide bonds. The van der Waals surface area contributed by atoms with Gasteiger partial charge in [0, 0.05) is 45.4 Å². The molecule has 290 valence electrons. The van der Waals surface area contributed by atoms with Gasteiger partial charge in [-0.25, -0.2) is 24.9 Å². The van der Waals surface area contributed by atoms with Crippen molar-refractivity contribution in [2.24, 2.45) is 0 Å². The Morgan fingerprint density at radius 3 is 1.13 bits per heavy atom. The third-order valence-corrected chi connectivity index (χ3v) is 10.3. The van der Waals surface area contributed by atoms with E-state index in [0.717, 1.165) is 84.2 Å². The highest BCUT2D eigenvalue weighted by Crippen LogP contribution is 2.37. The topological polar surface area (TPSA) is 64.5 Å². The molecule has 0 fully saturated rings. The minimum Gasteiger partial charge on any atom is -0.248 e. The van der Waals surface area contributed by atoms with Crippen molar-refractivity contribution >= 4 is 0 Å². The quantitative estimate of drug-likeness (QED) is 0.115. The van der Waals surface area contributed by atoms with Gasteiger partial charge in [0.15, 0.2) is 5.82 Å². The van der Waals surface area contributed by atoms with E-state index in [1.54, 1.807) is 6.08 Å². The Labute approximate surface area is 356 Å². The molecule has 9 aromatic rings. The Kier molecular flexibility index (Phi) is 11.4. The lowest BCUT2D eigenvalue weighted by molar-refractivity contribution is 0.998. The van der Waals surface area contributed by atoms with Crippen LogP contribution in [0, 0.1) is 0 Å². The van der Waals surface area contributed by atoms with Gasteiger partial charge >= 0.3 is 0 Å². The van der Waals surface area contributed by atoms with E-state index in [-0.39, 0.29) is 0 Å². The van der Waals surface area contributed by atoms with Crippen molar-refractivity contribution in [3.05, 3.63) is 237 Å². The van der Waals surface area contributed by atoms with Crippen LogP contribution in [0.15, 0.2) is 231 Å². The number of allylic oxidation sites excluding steroid dienone is 5. The second-order valence-corrected chi connectivity index (χ2v) is 14.5. The lowest BCUT2D eigenvalue weighted by Crippen LogP contribution is -2.00. The Bertz CT molecular complexity index is 2720. The lowest BCUT2D eigenvalue weighted by Gasteiger charge is -2.15. The molecule has 0 unspecified atom stereocenters. The molecule has 61 heavy (non-hydrogen) atoms. The smallest absolute Gasteiger partial charge is 0.160 e. The van der Waals surface area contributed by atoms with Crippen molar-refractivity contribution in [3.63, 3.8) is 0 Å². The summed E-state index contributed by atoms with van der Waals surface area (Å²) in [5, 5.41) is 0. The van der Waals surface area contributed by atoms with Crippen LogP contribution in [0.25, 0.3) is 90.1 Å². The molecule has 0 atom stereocenters. The van der Waals surface area contributed by atoms with Gasteiger partial charge in [0.2, 0.25) is 0 Å². The molecule has 0 saturated heterocycles. The standard InChI is InChI=1S/C56H41N5/c1-2-3-4-5-21-32-55-58-51(42-26-15-8-16-27-42)38-53(59-55)47-33-45(46-36-49(40-22-11-6-12-23-40)57-50(37-46)41-24-13-7-14-25-41)34-48(35-47)54-39-52(43-28-17-9-18-29-43)60-56(61-54)44-30-19-10-20-31-44/h2-31,33-39H,1,32H2/b4-3-,21-5-. The summed E-state index contributed by atoms with van der Waals surface area (Å²) in [5.74, 6) is 1.37. The average molecular weight is 784 g/mol. The molecule has 3 aromatic heterocycles. The number of nitrogens with zero attached hydrogens (tertiary/aromatic N) is 5. The zero-order valence-electron chi connectivity index (χ0n) is 33.5. The number of hydrogen-bond acceptors (Lipinski definition) is 5. The van der Waals surface area contributed by atoms with Gasteiger partial charge in [-0.05, 0) is 53.6 Å². The maximum atomic E-state index is 5.27. The lowest BCUT2D eigenvalue weighted by atomic mass is 9.94. The van der Waals surface area contributed by atoms with Crippen molar-refractivity contribution in [1.82, 2.24) is 24.9 Å². The molecule has 5 heteroatoms. The van der Waals surface area contributed by atoms with Crippen molar-refractivity contribution in [3.8, 4) is 90.1 Å². The van der Waals surface area contributed by atoms with Crippen LogP contribution in [0.5, 0.6) is 0 Å². The fourth-order valence-electron chi connectivity index (χ4n) is 7.26. The van der Waals surface area contributed by atoms with E-state index in [0.29, 0.717) is 18.1 Å². The highest BCUT2D eigenvalue weighted by atomic mass is 14.9. The van der Waals surface area contributed by atoms with E-state index >= 15 is 0 Å². The number of benzene rings is 6. The molecule has 0 spiro atoms. The molecule has 6 aromatic carbocycles. The summed E-state index contributed by atoms with van der Waals surface area (Å²) in [7, 11) is 0. The van der Waals surface area contributed by atoms with Gasteiger partial charge in [0.1, 0.15) is 5.82 Å². The third kappa shape index (κ3) is 9.12. The SMILES string of the molecule is C=C/C=C\C=C/Cc1nc(-c2ccccc2)cc(-c2cc(-c3cc(-c4ccccc4)nc(-c4ccccc4)c3)cc(-c3cc(-c4ccccc4)nc(-c4ccccc4)n3)c2)n1. The van der Waals surface area contributed by atoms with Gasteiger partial charge in [-0.1, -0.05) is 189 Å². The molecule has 9 rings (SSSR count). The minimum absolute atomic E-state index is 0.555. The first-order valence-electron chi connectivity index (χ1n) is 20.3. The molecule has 0 radical (unpaired) electrons. The van der Waals surface area contributed by atoms with Gasteiger partial charge in [0.25, 0.3) is 0 Å². The predicted octanol–water partition coefficient (Wildman–Crippen LogP) is 13.8. The zero-order valence-corrected chi connectivity index (χ0v) is 33.5. The van der Waals surface area contributed by atoms with Gasteiger partial charge in [0.05, 0.1) is 34.2 Å². The highest BCUT2D eigenvalue weighted by Gasteiger charge is 2.17. The molecular weight excluding hydrogens is 743 g/mol. The van der Waals surface area contributed by atoms with E-state index in [1.807, 2.05) is 85.0 Å². The molecule has 5 nitrogen and oxygen atoms in total. The minimum atomic E-state index is 0.555. The van der Waals surface area contributed by atoms with Gasteiger partial charge in [-0.15, -0.1) is 0 Å². The van der Waals surface area contributed by atoms with Crippen molar-refractivity contribution in [2.45, 2.75) is 6.42 Å². The Balaban J connectivity index is 1.29. The van der Waals surface area contributed by atoms with Crippen LogP contribution in [0.2, 0.25) is 0 Å². The van der Waals surface area contributed by atoms with E-state index in [4.69, 9.17) is 24.9 Å². The first-order valence-corrected chi connectivity index (χ1v) is 20.3. The fourth-order valence-corrected chi connectivity index (χ4v) is 7.26. The van der Waals surface area contributed by atoms with Gasteiger partial charge < -0.3 is 0 Å². The van der Waals surface area contributed by atoms with Crippen LogP contribution < -0.4 is 0 Å². The Morgan fingerprint density at radius 1 is 0.311 bits per heavy atom. The number of hydrogen-bond donors (Lipinski definition) is 0. The number of aromatic nitrogens is 5. The van der Waals surface area contributed by atoms with E-state index in [9.17, 15) is 0 Å². The summed E-state index contributed by atoms with van der Waals surface area (Å²) >= 11 is 0. The van der Waals surface area contributed by atoms with Crippen molar-refractivity contribution < 1.29 is 0 Å². The zero-order chi connectivity index (χ0) is 41.2. The summed E-state index contributed by atoms with van der Waals surface area (Å²) in [5.41, 5.74) is 14.0. The molecule has 0 bridgehead atoms. The third-order valence-electron chi connectivity index (χ3n) is 10.3. The Hall–Kier alpha value is -8.15. The van der Waals surface area contributed by atoms with Crippen LogP contribution in [0.3, 0.4) is 0 Å². The predicted molar refractivity (Wildman–Crippen MR) is 251 cm³/mol. The monoisotopic (exact) mass is 783 g/mol. The van der Waals surface area contributed by atoms with Crippen LogP contribution in [-0.2, 0) is 6.42 Å². The van der Waals surface area contributed by atoms with Gasteiger partial charge in [-0.2, -0.15) is 0 Å². The van der Waals surface area contributed by atoms with Crippen LogP contribution >= 0.6 is 0 Å². The number of rotatable bonds is 12. The summed E-state index contributed by atoms with van der Waals surface area (Å²) in [6.45, 7) is 3.79. The van der Waals surface area contributed by atoms with Crippen LogP contribution in [-0.4, -0.2) is 24.9 Å². The van der Waals surface area contributed by atoms with Crippen LogP contribution in [0.4, 0.5) is 0 Å². The molecule has 0 aliphatic heterocycles. The number of pyridine rings is 1. The first kappa shape index (κ1) is 38.4. The molecule has 3 heterocycles. The van der Waals surface area contributed by atoms with E-state index in [1.165, 1.54) is 0 Å². The van der Waals surface area contributed by atoms with E-state index in [2.05, 4.69) is 140 Å². The van der Waals surface area contributed by atoms with Crippen molar-refractivity contribution in [1.29, 1.82) is 0 Å². The molecule has 0 N–H and O–H groups in total. The normalized spacial score (nSPS) is 11.3. The maximum Gasteiger partial charge on any atom is 0.160 e. The summed E-state index contributed by atoms with van der Waals surface area (Å²) in [6, 6.07) is 66.6. The van der Waals surface area contributed by atoms with Crippen molar-refractivity contribution in [2.75, 3.05) is 0 Å². The molecular formula is C56H41N5. The fraction of sp³-hybridized carbons (Fsp3) is 0.0179. The Morgan fingerprint density at radius 2 is 0.672 bits per heavy atom. The maximum absolute atomic E-state index is 5.27. The molecule has 0 aliphatic carbocycles. The molecule has 0 saturated carbocycles. The first-order chi connectivity index (χ1) is 30.2. The summed E-state index contributed by atoms with van der Waals surface area (Å²) in [6.07, 6.45) is 10.3.